The molecule has 0 atom stereocenters. The highest BCUT2D eigenvalue weighted by molar-refractivity contribution is 9.10. The fourth-order valence-electron chi connectivity index (χ4n) is 1.98. The Bertz CT molecular complexity index is 606. The van der Waals surface area contributed by atoms with Crippen LogP contribution in [0.1, 0.15) is 34.7 Å². The molecule has 0 unspecified atom stereocenters. The van der Waals surface area contributed by atoms with E-state index in [-0.39, 0.29) is 5.91 Å². The lowest BCUT2D eigenvalue weighted by Crippen LogP contribution is -2.12. The van der Waals surface area contributed by atoms with Gasteiger partial charge in [0.05, 0.1) is 0 Å². The number of nitrogens with zero attached hydrogens (tertiary/aromatic N) is 1. The van der Waals surface area contributed by atoms with E-state index in [1.54, 1.807) is 18.3 Å². The van der Waals surface area contributed by atoms with Crippen LogP contribution in [0, 0.1) is 0 Å². The number of benzene rings is 1. The zero-order valence-corrected chi connectivity index (χ0v) is 11.9. The topological polar surface area (TPSA) is 42.0 Å². The van der Waals surface area contributed by atoms with Gasteiger partial charge in [0, 0.05) is 16.2 Å². The van der Waals surface area contributed by atoms with Crippen LogP contribution in [0.25, 0.3) is 0 Å². The van der Waals surface area contributed by atoms with Gasteiger partial charge in [-0.05, 0) is 60.7 Å². The van der Waals surface area contributed by atoms with Crippen molar-refractivity contribution in [3.05, 3.63) is 58.2 Å². The molecular weight excluding hydrogens is 304 g/mol. The second kappa shape index (κ2) is 5.13. The van der Waals surface area contributed by atoms with Crippen LogP contribution >= 0.6 is 15.9 Å². The van der Waals surface area contributed by atoms with Crippen LogP contribution in [0.15, 0.2) is 47.1 Å². The molecule has 1 aliphatic carbocycles. The number of aromatic nitrogens is 1. The number of anilines is 1. The van der Waals surface area contributed by atoms with Crippen LogP contribution in [0.4, 0.5) is 5.82 Å². The second-order valence-corrected chi connectivity index (χ2v) is 5.63. The Balaban J connectivity index is 1.75. The third kappa shape index (κ3) is 3.01. The van der Waals surface area contributed by atoms with Gasteiger partial charge in [-0.15, -0.1) is 0 Å². The highest BCUT2D eigenvalue weighted by Gasteiger charge is 2.23. The van der Waals surface area contributed by atoms with Crippen molar-refractivity contribution < 1.29 is 4.79 Å². The van der Waals surface area contributed by atoms with Gasteiger partial charge in [-0.25, -0.2) is 4.98 Å². The van der Waals surface area contributed by atoms with Crippen LogP contribution in [0.5, 0.6) is 0 Å². The Morgan fingerprint density at radius 1 is 1.21 bits per heavy atom. The van der Waals surface area contributed by atoms with Crippen molar-refractivity contribution in [3.8, 4) is 0 Å². The van der Waals surface area contributed by atoms with Gasteiger partial charge in [0.15, 0.2) is 0 Å². The summed E-state index contributed by atoms with van der Waals surface area (Å²) in [5, 5.41) is 2.84. The Labute approximate surface area is 120 Å². The van der Waals surface area contributed by atoms with Gasteiger partial charge in [0.1, 0.15) is 5.82 Å². The standard InChI is InChI=1S/C15H13BrN2O/c16-13-5-3-11(4-6-13)15(19)18-14-9-12(7-8-17-14)10-1-2-10/h3-10H,1-2H2,(H,17,18,19). The lowest BCUT2D eigenvalue weighted by molar-refractivity contribution is 0.102. The van der Waals surface area contributed by atoms with Crippen LogP contribution in [-0.4, -0.2) is 10.9 Å². The summed E-state index contributed by atoms with van der Waals surface area (Å²) in [7, 11) is 0. The summed E-state index contributed by atoms with van der Waals surface area (Å²) in [6.07, 6.45) is 4.24. The molecule has 0 radical (unpaired) electrons. The van der Waals surface area contributed by atoms with Crippen molar-refractivity contribution in [2.45, 2.75) is 18.8 Å². The molecule has 0 spiro atoms. The van der Waals surface area contributed by atoms with Gasteiger partial charge in [0.2, 0.25) is 0 Å². The summed E-state index contributed by atoms with van der Waals surface area (Å²) >= 11 is 3.35. The van der Waals surface area contributed by atoms with Gasteiger partial charge in [0.25, 0.3) is 5.91 Å². The first-order valence-electron chi connectivity index (χ1n) is 6.25. The minimum Gasteiger partial charge on any atom is -0.307 e. The third-order valence-corrected chi connectivity index (χ3v) is 3.71. The molecule has 1 aliphatic rings. The van der Waals surface area contributed by atoms with E-state index in [2.05, 4.69) is 26.2 Å². The molecular formula is C15H13BrN2O. The van der Waals surface area contributed by atoms with E-state index in [0.29, 0.717) is 17.3 Å². The van der Waals surface area contributed by atoms with Crippen LogP contribution in [-0.2, 0) is 0 Å². The fraction of sp³-hybridized carbons (Fsp3) is 0.200. The molecule has 3 nitrogen and oxygen atoms in total. The van der Waals surface area contributed by atoms with E-state index >= 15 is 0 Å². The summed E-state index contributed by atoms with van der Waals surface area (Å²) in [6.45, 7) is 0. The number of pyridine rings is 1. The number of halogens is 1. The molecule has 2 aromatic rings. The number of amides is 1. The van der Waals surface area contributed by atoms with Gasteiger partial charge in [-0.2, -0.15) is 0 Å². The normalized spacial score (nSPS) is 14.2. The monoisotopic (exact) mass is 316 g/mol. The number of carbonyl (C=O) groups excluding carboxylic acids is 1. The Hall–Kier alpha value is -1.68. The molecule has 1 saturated carbocycles. The van der Waals surface area contributed by atoms with E-state index < -0.39 is 0 Å². The molecule has 0 aliphatic heterocycles. The average molecular weight is 317 g/mol. The molecule has 1 heterocycles. The van der Waals surface area contributed by atoms with Crippen LogP contribution < -0.4 is 5.32 Å². The summed E-state index contributed by atoms with van der Waals surface area (Å²) in [4.78, 5) is 16.2. The first-order chi connectivity index (χ1) is 9.22. The molecule has 1 amide bonds. The molecule has 0 saturated heterocycles. The Morgan fingerprint density at radius 3 is 2.63 bits per heavy atom. The zero-order valence-electron chi connectivity index (χ0n) is 10.3. The lowest BCUT2D eigenvalue weighted by Gasteiger charge is -2.06. The molecule has 96 valence electrons. The Kier molecular flexibility index (Phi) is 3.34. The van der Waals surface area contributed by atoms with Crippen molar-refractivity contribution in [2.24, 2.45) is 0 Å². The van der Waals surface area contributed by atoms with Gasteiger partial charge in [-0.1, -0.05) is 15.9 Å². The van der Waals surface area contributed by atoms with E-state index in [4.69, 9.17) is 0 Å². The van der Waals surface area contributed by atoms with Crippen LogP contribution in [0.3, 0.4) is 0 Å². The lowest BCUT2D eigenvalue weighted by atomic mass is 10.1. The maximum Gasteiger partial charge on any atom is 0.256 e. The number of hydrogen-bond acceptors (Lipinski definition) is 2. The van der Waals surface area contributed by atoms with Gasteiger partial charge >= 0.3 is 0 Å². The predicted octanol–water partition coefficient (Wildman–Crippen LogP) is 3.97. The molecule has 3 rings (SSSR count). The fourth-order valence-corrected chi connectivity index (χ4v) is 2.24. The van der Waals surface area contributed by atoms with Crippen molar-refractivity contribution in [3.63, 3.8) is 0 Å². The zero-order chi connectivity index (χ0) is 13.2. The molecule has 1 aromatic carbocycles. The molecule has 19 heavy (non-hydrogen) atoms. The molecule has 1 fully saturated rings. The molecule has 1 N–H and O–H groups in total. The third-order valence-electron chi connectivity index (χ3n) is 3.18. The smallest absolute Gasteiger partial charge is 0.256 e. The van der Waals surface area contributed by atoms with Crippen molar-refractivity contribution in [1.82, 2.24) is 4.98 Å². The SMILES string of the molecule is O=C(Nc1cc(C2CC2)ccn1)c1ccc(Br)cc1. The maximum atomic E-state index is 12.1. The number of hydrogen-bond donors (Lipinski definition) is 1. The summed E-state index contributed by atoms with van der Waals surface area (Å²) in [5.74, 6) is 1.15. The van der Waals surface area contributed by atoms with Crippen molar-refractivity contribution >= 4 is 27.7 Å². The highest BCUT2D eigenvalue weighted by Crippen LogP contribution is 2.40. The number of carbonyl (C=O) groups is 1. The Morgan fingerprint density at radius 2 is 1.95 bits per heavy atom. The van der Waals surface area contributed by atoms with E-state index in [1.807, 2.05) is 24.3 Å². The molecule has 4 heteroatoms. The second-order valence-electron chi connectivity index (χ2n) is 4.71. The van der Waals surface area contributed by atoms with E-state index in [0.717, 1.165) is 4.47 Å². The maximum absolute atomic E-state index is 12.1. The minimum atomic E-state index is -0.132. The molecule has 1 aromatic heterocycles. The van der Waals surface area contributed by atoms with Crippen LogP contribution in [0.2, 0.25) is 0 Å². The highest BCUT2D eigenvalue weighted by atomic mass is 79.9. The minimum absolute atomic E-state index is 0.132. The van der Waals surface area contributed by atoms with Gasteiger partial charge < -0.3 is 5.32 Å². The van der Waals surface area contributed by atoms with Crippen molar-refractivity contribution in [1.29, 1.82) is 0 Å². The predicted molar refractivity (Wildman–Crippen MR) is 78.3 cm³/mol. The quantitative estimate of drug-likeness (QED) is 0.930. The van der Waals surface area contributed by atoms with Crippen molar-refractivity contribution in [2.75, 3.05) is 5.32 Å². The first kappa shape index (κ1) is 12.4. The van der Waals surface area contributed by atoms with Gasteiger partial charge in [-0.3, -0.25) is 4.79 Å². The number of nitrogens with one attached hydrogen (secondary N) is 1. The average Bonchev–Trinajstić information content (AvgIpc) is 3.24. The summed E-state index contributed by atoms with van der Waals surface area (Å²) in [5.41, 5.74) is 1.89. The summed E-state index contributed by atoms with van der Waals surface area (Å²) < 4.78 is 0.956. The van der Waals surface area contributed by atoms with E-state index in [9.17, 15) is 4.79 Å². The number of rotatable bonds is 3. The largest absolute Gasteiger partial charge is 0.307 e. The first-order valence-corrected chi connectivity index (χ1v) is 7.04. The van der Waals surface area contributed by atoms with E-state index in [1.165, 1.54) is 18.4 Å². The molecule has 0 bridgehead atoms. The summed E-state index contributed by atoms with van der Waals surface area (Å²) in [6, 6.07) is 11.3.